The van der Waals surface area contributed by atoms with E-state index in [0.717, 1.165) is 23.1 Å². The van der Waals surface area contributed by atoms with Gasteiger partial charge in [-0.25, -0.2) is 0 Å². The Morgan fingerprint density at radius 3 is 2.27 bits per heavy atom. The van der Waals surface area contributed by atoms with E-state index in [0.29, 0.717) is 44.6 Å². The summed E-state index contributed by atoms with van der Waals surface area (Å²) in [5.74, 6) is -0.778. The highest BCUT2D eigenvalue weighted by Crippen LogP contribution is 2.38. The largest absolute Gasteiger partial charge is 0.481 e. The van der Waals surface area contributed by atoms with E-state index < -0.39 is 12.1 Å². The molecule has 6 heteroatoms. The third kappa shape index (κ3) is 8.62. The summed E-state index contributed by atoms with van der Waals surface area (Å²) < 4.78 is 12.4. The topological polar surface area (TPSA) is 99.8 Å². The Morgan fingerprint density at radius 1 is 0.900 bits per heavy atom. The van der Waals surface area contributed by atoms with Crippen LogP contribution in [-0.2, 0) is 27.5 Å². The van der Waals surface area contributed by atoms with E-state index >= 15 is 0 Å². The lowest BCUT2D eigenvalue weighted by molar-refractivity contribution is -0.137. The number of allylic oxidation sites excluding steroid dienone is 2. The van der Waals surface area contributed by atoms with Crippen LogP contribution < -0.4 is 0 Å². The summed E-state index contributed by atoms with van der Waals surface area (Å²) >= 11 is 0. The Bertz CT molecular complexity index is 1260. The number of rotatable bonds is 14. The molecule has 0 heterocycles. The van der Waals surface area contributed by atoms with Gasteiger partial charge < -0.3 is 19.7 Å². The minimum absolute atomic E-state index is 0.0764. The second-order valence-corrected chi connectivity index (χ2v) is 10.4. The maximum absolute atomic E-state index is 11.0. The molecule has 4 rings (SSSR count). The van der Waals surface area contributed by atoms with Crippen molar-refractivity contribution in [2.24, 2.45) is 11.8 Å². The van der Waals surface area contributed by atoms with Gasteiger partial charge in [0.25, 0.3) is 0 Å². The predicted molar refractivity (Wildman–Crippen MR) is 154 cm³/mol. The minimum Gasteiger partial charge on any atom is -0.481 e. The Balaban J connectivity index is 1.36. The summed E-state index contributed by atoms with van der Waals surface area (Å²) in [6.07, 6.45) is 6.22. The number of aliphatic carboxylic acids is 1. The molecule has 1 aliphatic carbocycles. The van der Waals surface area contributed by atoms with Gasteiger partial charge in [0.05, 0.1) is 43.7 Å². The number of hydrogen-bond acceptors (Lipinski definition) is 5. The molecule has 0 radical (unpaired) electrons. The zero-order valence-electron chi connectivity index (χ0n) is 22.7. The molecule has 4 atom stereocenters. The fraction of sp³-hybridized carbons (Fsp3) is 0.353. The van der Waals surface area contributed by atoms with Crippen molar-refractivity contribution < 1.29 is 24.5 Å². The molecule has 0 bridgehead atoms. The first-order chi connectivity index (χ1) is 19.5. The number of carboxylic acids is 1. The zero-order chi connectivity index (χ0) is 28.2. The predicted octanol–water partition coefficient (Wildman–Crippen LogP) is 6.53. The number of aliphatic hydroxyl groups is 1. The summed E-state index contributed by atoms with van der Waals surface area (Å²) in [5, 5.41) is 28.8. The third-order valence-electron chi connectivity index (χ3n) is 7.52. The second-order valence-electron chi connectivity index (χ2n) is 10.4. The molecule has 0 saturated heterocycles. The molecule has 3 aromatic carbocycles. The van der Waals surface area contributed by atoms with E-state index in [1.165, 1.54) is 5.56 Å². The summed E-state index contributed by atoms with van der Waals surface area (Å²) in [6.45, 7) is 1.28. The lowest BCUT2D eigenvalue weighted by Gasteiger charge is -2.25. The Labute approximate surface area is 236 Å². The van der Waals surface area contributed by atoms with Crippen LogP contribution in [0.3, 0.4) is 0 Å². The second kappa shape index (κ2) is 15.1. The van der Waals surface area contributed by atoms with Gasteiger partial charge in [-0.2, -0.15) is 5.26 Å². The van der Waals surface area contributed by atoms with Crippen molar-refractivity contribution in [3.8, 4) is 17.2 Å². The summed E-state index contributed by atoms with van der Waals surface area (Å²) in [6, 6.07) is 28.1. The molecule has 0 unspecified atom stereocenters. The van der Waals surface area contributed by atoms with Crippen molar-refractivity contribution in [2.75, 3.05) is 6.61 Å². The SMILES string of the molecule is N#Cc1ccc(COC[C@@H]2[C@@H](C/C=C\CCCC(=O)O)[C@H](OCc3ccc(-c4ccccc4)cc3)C[C@H]2O)cc1. The number of ether oxygens (including phenoxy) is 2. The minimum atomic E-state index is -0.781. The smallest absolute Gasteiger partial charge is 0.303 e. The molecule has 208 valence electrons. The van der Waals surface area contributed by atoms with Gasteiger partial charge in [-0.15, -0.1) is 0 Å². The Kier molecular flexibility index (Phi) is 11.1. The molecule has 0 aromatic heterocycles. The van der Waals surface area contributed by atoms with Gasteiger partial charge in [0.1, 0.15) is 0 Å². The molecule has 1 aliphatic rings. The summed E-state index contributed by atoms with van der Waals surface area (Å²) in [5.41, 5.74) is 5.00. The van der Waals surface area contributed by atoms with Crippen molar-refractivity contribution in [3.63, 3.8) is 0 Å². The standard InChI is InChI=1S/C34H37NO5/c35-21-25-12-14-26(15-13-25)22-39-24-31-30(10-6-1-2-7-11-34(37)38)33(20-32(31)36)40-23-27-16-18-29(19-17-27)28-8-4-3-5-9-28/h1,3-6,8-9,12-19,30-33,36H,2,7,10-11,20,22-24H2,(H,37,38)/b6-1-/t30-,31-,32-,33-/m1/s1. The number of hydrogen-bond donors (Lipinski definition) is 2. The molecule has 0 spiro atoms. The van der Waals surface area contributed by atoms with E-state index in [2.05, 4.69) is 48.5 Å². The number of carbonyl (C=O) groups is 1. The van der Waals surface area contributed by atoms with Crippen LogP contribution in [0, 0.1) is 23.2 Å². The van der Waals surface area contributed by atoms with Crippen LogP contribution in [0.2, 0.25) is 0 Å². The van der Waals surface area contributed by atoms with Crippen LogP contribution >= 0.6 is 0 Å². The van der Waals surface area contributed by atoms with Gasteiger partial charge >= 0.3 is 5.97 Å². The number of nitrogens with zero attached hydrogens (tertiary/aromatic N) is 1. The first-order valence-electron chi connectivity index (χ1n) is 13.9. The van der Waals surface area contributed by atoms with Crippen LogP contribution in [0.5, 0.6) is 0 Å². The van der Waals surface area contributed by atoms with Crippen molar-refractivity contribution >= 4 is 5.97 Å². The van der Waals surface area contributed by atoms with Gasteiger partial charge in [0.2, 0.25) is 0 Å². The first kappa shape index (κ1) is 29.2. The number of aliphatic hydroxyl groups excluding tert-OH is 1. The molecule has 2 N–H and O–H groups in total. The van der Waals surface area contributed by atoms with E-state index in [1.54, 1.807) is 12.1 Å². The fourth-order valence-corrected chi connectivity index (χ4v) is 5.26. The molecule has 6 nitrogen and oxygen atoms in total. The highest BCUT2D eigenvalue weighted by molar-refractivity contribution is 5.66. The number of nitriles is 1. The van der Waals surface area contributed by atoms with Crippen LogP contribution in [0.1, 0.15) is 48.8 Å². The van der Waals surface area contributed by atoms with E-state index in [1.807, 2.05) is 36.4 Å². The fourth-order valence-electron chi connectivity index (χ4n) is 5.26. The summed E-state index contributed by atoms with van der Waals surface area (Å²) in [4.78, 5) is 10.8. The average Bonchev–Trinajstić information content (AvgIpc) is 3.28. The van der Waals surface area contributed by atoms with Gasteiger partial charge in [-0.1, -0.05) is 78.9 Å². The van der Waals surface area contributed by atoms with Crippen LogP contribution in [0.15, 0.2) is 91.0 Å². The molecular formula is C34H37NO5. The average molecular weight is 540 g/mol. The maximum Gasteiger partial charge on any atom is 0.303 e. The lowest BCUT2D eigenvalue weighted by Crippen LogP contribution is -2.27. The van der Waals surface area contributed by atoms with Crippen molar-refractivity contribution in [3.05, 3.63) is 108 Å². The van der Waals surface area contributed by atoms with Gasteiger partial charge in [0, 0.05) is 18.8 Å². The summed E-state index contributed by atoms with van der Waals surface area (Å²) in [7, 11) is 0. The van der Waals surface area contributed by atoms with Crippen LogP contribution in [-0.4, -0.2) is 35.0 Å². The Morgan fingerprint density at radius 2 is 1.57 bits per heavy atom. The molecule has 1 fully saturated rings. The molecule has 0 amide bonds. The molecular weight excluding hydrogens is 502 g/mol. The van der Waals surface area contributed by atoms with Crippen LogP contribution in [0.25, 0.3) is 11.1 Å². The number of carboxylic acid groups (broad SMARTS) is 1. The van der Waals surface area contributed by atoms with E-state index in [9.17, 15) is 9.90 Å². The van der Waals surface area contributed by atoms with Crippen molar-refractivity contribution in [1.29, 1.82) is 5.26 Å². The number of unbranched alkanes of at least 4 members (excludes halogenated alkanes) is 1. The molecule has 0 aliphatic heterocycles. The van der Waals surface area contributed by atoms with Crippen molar-refractivity contribution in [1.82, 2.24) is 0 Å². The van der Waals surface area contributed by atoms with E-state index in [4.69, 9.17) is 19.8 Å². The molecule has 3 aromatic rings. The number of benzene rings is 3. The monoisotopic (exact) mass is 539 g/mol. The highest BCUT2D eigenvalue weighted by atomic mass is 16.5. The third-order valence-corrected chi connectivity index (χ3v) is 7.52. The molecule has 1 saturated carbocycles. The van der Waals surface area contributed by atoms with Gasteiger partial charge in [-0.05, 0) is 59.6 Å². The van der Waals surface area contributed by atoms with Gasteiger partial charge in [0.15, 0.2) is 0 Å². The lowest BCUT2D eigenvalue weighted by atomic mass is 9.90. The quantitative estimate of drug-likeness (QED) is 0.179. The van der Waals surface area contributed by atoms with Crippen LogP contribution in [0.4, 0.5) is 0 Å². The van der Waals surface area contributed by atoms with Gasteiger partial charge in [-0.3, -0.25) is 4.79 Å². The Hall–Kier alpha value is -3.76. The van der Waals surface area contributed by atoms with E-state index in [-0.39, 0.29) is 24.4 Å². The van der Waals surface area contributed by atoms with Crippen molar-refractivity contribution in [2.45, 2.75) is 57.5 Å². The normalized spacial score (nSPS) is 20.5. The molecule has 40 heavy (non-hydrogen) atoms. The highest BCUT2D eigenvalue weighted by Gasteiger charge is 2.42. The first-order valence-corrected chi connectivity index (χ1v) is 13.9. The zero-order valence-corrected chi connectivity index (χ0v) is 22.7. The maximum atomic E-state index is 11.0.